The fourth-order valence-corrected chi connectivity index (χ4v) is 3.54. The Morgan fingerprint density at radius 1 is 1.03 bits per heavy atom. The number of hydrogen-bond donors (Lipinski definition) is 1. The SMILES string of the molecule is COc1ccc(-c2nc(S(C)(=O)=O)nc3nn(Cc4ccccc4)c(N)c23)cc1. The molecule has 0 aliphatic rings. The smallest absolute Gasteiger partial charge is 0.249 e. The summed E-state index contributed by atoms with van der Waals surface area (Å²) in [6.45, 7) is 0.430. The molecule has 2 N–H and O–H groups in total. The number of nitrogen functional groups attached to an aromatic ring is 1. The standard InChI is InChI=1S/C20H19N5O3S/c1-28-15-10-8-14(9-11-15)17-16-18(21)25(12-13-6-4-3-5-7-13)24-19(16)23-20(22-17)29(2,26)27/h3-11H,12,21H2,1-2H3. The quantitative estimate of drug-likeness (QED) is 0.504. The zero-order valence-corrected chi connectivity index (χ0v) is 16.7. The van der Waals surface area contributed by atoms with Crippen molar-refractivity contribution >= 4 is 26.7 Å². The molecule has 0 amide bonds. The lowest BCUT2D eigenvalue weighted by atomic mass is 10.1. The predicted molar refractivity (Wildman–Crippen MR) is 110 cm³/mol. The van der Waals surface area contributed by atoms with E-state index >= 15 is 0 Å². The first-order valence-electron chi connectivity index (χ1n) is 8.79. The van der Waals surface area contributed by atoms with E-state index in [0.29, 0.717) is 34.8 Å². The highest BCUT2D eigenvalue weighted by molar-refractivity contribution is 7.90. The molecule has 4 aromatic rings. The average Bonchev–Trinajstić information content (AvgIpc) is 3.03. The fourth-order valence-electron chi connectivity index (χ4n) is 3.03. The highest BCUT2D eigenvalue weighted by atomic mass is 32.2. The third kappa shape index (κ3) is 3.64. The van der Waals surface area contributed by atoms with Gasteiger partial charge in [-0.15, -0.1) is 5.10 Å². The van der Waals surface area contributed by atoms with Crippen LogP contribution < -0.4 is 10.5 Å². The second kappa shape index (κ2) is 7.17. The zero-order chi connectivity index (χ0) is 20.6. The van der Waals surface area contributed by atoms with Gasteiger partial charge in [0.1, 0.15) is 11.6 Å². The molecule has 0 fully saturated rings. The van der Waals surface area contributed by atoms with Gasteiger partial charge in [-0.05, 0) is 29.8 Å². The summed E-state index contributed by atoms with van der Waals surface area (Å²) >= 11 is 0. The Bertz CT molecular complexity index is 1280. The second-order valence-electron chi connectivity index (χ2n) is 6.58. The van der Waals surface area contributed by atoms with E-state index in [1.165, 1.54) is 0 Å². The van der Waals surface area contributed by atoms with E-state index in [2.05, 4.69) is 15.1 Å². The number of ether oxygens (including phenoxy) is 1. The molecule has 8 nitrogen and oxygen atoms in total. The van der Waals surface area contributed by atoms with E-state index in [4.69, 9.17) is 10.5 Å². The predicted octanol–water partition coefficient (Wildman–Crippen LogP) is 2.54. The summed E-state index contributed by atoms with van der Waals surface area (Å²) in [7, 11) is -2.06. The molecule has 2 aromatic heterocycles. The van der Waals surface area contributed by atoms with Crippen LogP contribution >= 0.6 is 0 Å². The molecule has 0 saturated carbocycles. The molecule has 0 bridgehead atoms. The van der Waals surface area contributed by atoms with Crippen molar-refractivity contribution in [2.75, 3.05) is 19.1 Å². The van der Waals surface area contributed by atoms with E-state index in [9.17, 15) is 8.42 Å². The van der Waals surface area contributed by atoms with Crippen LogP contribution in [0.4, 0.5) is 5.82 Å². The Kier molecular flexibility index (Phi) is 4.67. The number of methoxy groups -OCH3 is 1. The molecule has 2 aromatic carbocycles. The Morgan fingerprint density at radius 2 is 1.72 bits per heavy atom. The van der Waals surface area contributed by atoms with Crippen LogP contribution in [0.5, 0.6) is 5.75 Å². The summed E-state index contributed by atoms with van der Waals surface area (Å²) in [6.07, 6.45) is 1.07. The number of nitrogens with zero attached hydrogens (tertiary/aromatic N) is 4. The van der Waals surface area contributed by atoms with Gasteiger partial charge in [0.05, 0.1) is 24.7 Å². The van der Waals surface area contributed by atoms with Gasteiger partial charge in [0.25, 0.3) is 0 Å². The maximum absolute atomic E-state index is 12.1. The number of anilines is 1. The lowest BCUT2D eigenvalue weighted by molar-refractivity contribution is 0.415. The van der Waals surface area contributed by atoms with E-state index in [-0.39, 0.29) is 10.8 Å². The highest BCUT2D eigenvalue weighted by Gasteiger charge is 2.22. The molecule has 0 unspecified atom stereocenters. The molecular formula is C20H19N5O3S. The maximum Gasteiger partial charge on any atom is 0.249 e. The van der Waals surface area contributed by atoms with Crippen LogP contribution in [0.25, 0.3) is 22.3 Å². The molecule has 0 atom stereocenters. The van der Waals surface area contributed by atoms with Crippen LogP contribution in [0, 0.1) is 0 Å². The Labute approximate surface area is 167 Å². The molecule has 29 heavy (non-hydrogen) atoms. The van der Waals surface area contributed by atoms with Crippen LogP contribution in [0.1, 0.15) is 5.56 Å². The molecule has 0 aliphatic heterocycles. The largest absolute Gasteiger partial charge is 0.497 e. The summed E-state index contributed by atoms with van der Waals surface area (Å²) < 4.78 is 31.1. The van der Waals surface area contributed by atoms with Crippen LogP contribution in [-0.2, 0) is 16.4 Å². The van der Waals surface area contributed by atoms with E-state index in [1.807, 2.05) is 30.3 Å². The van der Waals surface area contributed by atoms with Crippen molar-refractivity contribution in [3.05, 3.63) is 60.2 Å². The zero-order valence-electron chi connectivity index (χ0n) is 15.9. The number of aromatic nitrogens is 4. The minimum atomic E-state index is -3.64. The number of fused-ring (bicyclic) bond motifs is 1. The van der Waals surface area contributed by atoms with Crippen molar-refractivity contribution in [3.8, 4) is 17.0 Å². The number of hydrogen-bond acceptors (Lipinski definition) is 7. The molecule has 0 aliphatic carbocycles. The molecule has 4 rings (SSSR count). The maximum atomic E-state index is 12.1. The van der Waals surface area contributed by atoms with Crippen molar-refractivity contribution < 1.29 is 13.2 Å². The van der Waals surface area contributed by atoms with Crippen LogP contribution in [-0.4, -0.2) is 41.5 Å². The first kappa shape index (κ1) is 18.9. The van der Waals surface area contributed by atoms with Gasteiger partial charge in [0.15, 0.2) is 5.65 Å². The van der Waals surface area contributed by atoms with E-state index < -0.39 is 9.84 Å². The summed E-state index contributed by atoms with van der Waals surface area (Å²) in [5.41, 5.74) is 8.73. The van der Waals surface area contributed by atoms with Gasteiger partial charge in [0, 0.05) is 11.8 Å². The van der Waals surface area contributed by atoms with Gasteiger partial charge in [-0.1, -0.05) is 30.3 Å². The van der Waals surface area contributed by atoms with Gasteiger partial charge in [-0.2, -0.15) is 4.98 Å². The summed E-state index contributed by atoms with van der Waals surface area (Å²) in [4.78, 5) is 8.46. The second-order valence-corrected chi connectivity index (χ2v) is 8.49. The first-order chi connectivity index (χ1) is 13.9. The molecule has 2 heterocycles. The van der Waals surface area contributed by atoms with Crippen LogP contribution in [0.15, 0.2) is 59.8 Å². The first-order valence-corrected chi connectivity index (χ1v) is 10.7. The number of benzene rings is 2. The number of rotatable bonds is 5. The Balaban J connectivity index is 1.94. The molecular weight excluding hydrogens is 390 g/mol. The van der Waals surface area contributed by atoms with Crippen molar-refractivity contribution in [1.82, 2.24) is 19.7 Å². The van der Waals surface area contributed by atoms with Gasteiger partial charge in [0.2, 0.25) is 15.0 Å². The summed E-state index contributed by atoms with van der Waals surface area (Å²) in [5.74, 6) is 1.05. The molecule has 148 valence electrons. The molecule has 0 spiro atoms. The molecule has 0 saturated heterocycles. The monoisotopic (exact) mass is 409 g/mol. The van der Waals surface area contributed by atoms with Crippen molar-refractivity contribution in [2.45, 2.75) is 11.7 Å². The van der Waals surface area contributed by atoms with Crippen LogP contribution in [0.2, 0.25) is 0 Å². The fraction of sp³-hybridized carbons (Fsp3) is 0.150. The topological polar surface area (TPSA) is 113 Å². The van der Waals surface area contributed by atoms with Gasteiger partial charge in [-0.3, -0.25) is 0 Å². The number of sulfone groups is 1. The minimum absolute atomic E-state index is 0.236. The molecule has 0 radical (unpaired) electrons. The average molecular weight is 409 g/mol. The lowest BCUT2D eigenvalue weighted by Gasteiger charge is -2.07. The Hall–Kier alpha value is -3.46. The van der Waals surface area contributed by atoms with E-state index in [1.54, 1.807) is 36.1 Å². The van der Waals surface area contributed by atoms with Crippen molar-refractivity contribution in [3.63, 3.8) is 0 Å². The third-order valence-corrected chi connectivity index (χ3v) is 5.34. The van der Waals surface area contributed by atoms with Gasteiger partial charge >= 0.3 is 0 Å². The normalized spacial score (nSPS) is 11.7. The third-order valence-electron chi connectivity index (χ3n) is 4.49. The number of nitrogens with two attached hydrogens (primary N) is 1. The minimum Gasteiger partial charge on any atom is -0.497 e. The van der Waals surface area contributed by atoms with Crippen LogP contribution in [0.3, 0.4) is 0 Å². The van der Waals surface area contributed by atoms with Crippen molar-refractivity contribution in [2.24, 2.45) is 0 Å². The summed E-state index contributed by atoms with van der Waals surface area (Å²) in [5, 5.41) is 4.67. The van der Waals surface area contributed by atoms with Gasteiger partial charge in [-0.25, -0.2) is 18.1 Å². The molecule has 9 heteroatoms. The Morgan fingerprint density at radius 3 is 2.34 bits per heavy atom. The summed E-state index contributed by atoms with van der Waals surface area (Å²) in [6, 6.07) is 16.8. The lowest BCUT2D eigenvalue weighted by Crippen LogP contribution is -2.06. The van der Waals surface area contributed by atoms with E-state index in [0.717, 1.165) is 11.8 Å². The van der Waals surface area contributed by atoms with Crippen molar-refractivity contribution in [1.29, 1.82) is 0 Å². The highest BCUT2D eigenvalue weighted by Crippen LogP contribution is 2.32. The van der Waals surface area contributed by atoms with Gasteiger partial charge < -0.3 is 10.5 Å².